The molecule has 0 radical (unpaired) electrons. The van der Waals surface area contributed by atoms with Crippen molar-refractivity contribution in [1.82, 2.24) is 4.90 Å². The molecule has 0 amide bonds. The number of rotatable bonds is 6. The van der Waals surface area contributed by atoms with Gasteiger partial charge < -0.3 is 4.90 Å². The summed E-state index contributed by atoms with van der Waals surface area (Å²) in [4.78, 5) is 4.65. The van der Waals surface area contributed by atoms with Crippen LogP contribution in [0.25, 0.3) is 0 Å². The number of anilines is 1. The molecule has 17 heavy (non-hydrogen) atoms. The first kappa shape index (κ1) is 14.0. The fraction of sp³-hybridized carbons (Fsp3) is 0.600. The molecule has 0 aliphatic carbocycles. The van der Waals surface area contributed by atoms with Crippen LogP contribution < -0.4 is 4.90 Å². The van der Waals surface area contributed by atoms with E-state index >= 15 is 0 Å². The van der Waals surface area contributed by atoms with Crippen molar-refractivity contribution < 1.29 is 0 Å². The lowest BCUT2D eigenvalue weighted by molar-refractivity contribution is 0.213. The van der Waals surface area contributed by atoms with Crippen molar-refractivity contribution in [3.63, 3.8) is 0 Å². The summed E-state index contributed by atoms with van der Waals surface area (Å²) in [5.41, 5.74) is 2.66. The van der Waals surface area contributed by atoms with Crippen LogP contribution in [0.15, 0.2) is 24.3 Å². The predicted octanol–water partition coefficient (Wildman–Crippen LogP) is 3.37. The second-order valence-corrected chi connectivity index (χ2v) is 5.13. The van der Waals surface area contributed by atoms with Crippen molar-refractivity contribution >= 4 is 5.69 Å². The molecule has 2 nitrogen and oxygen atoms in total. The van der Waals surface area contributed by atoms with E-state index in [1.54, 1.807) is 0 Å². The summed E-state index contributed by atoms with van der Waals surface area (Å²) in [6.07, 6.45) is 1.22. The molecular formula is C15H26N2. The Morgan fingerprint density at radius 2 is 1.65 bits per heavy atom. The van der Waals surface area contributed by atoms with Crippen LogP contribution in [-0.4, -0.2) is 31.6 Å². The molecule has 1 aromatic carbocycles. The summed E-state index contributed by atoms with van der Waals surface area (Å²) in [5, 5.41) is 0. The van der Waals surface area contributed by atoms with Gasteiger partial charge in [-0.05, 0) is 44.5 Å². The van der Waals surface area contributed by atoms with Gasteiger partial charge in [-0.1, -0.05) is 19.1 Å². The van der Waals surface area contributed by atoms with Gasteiger partial charge in [0, 0.05) is 32.4 Å². The fourth-order valence-corrected chi connectivity index (χ4v) is 1.94. The van der Waals surface area contributed by atoms with Crippen molar-refractivity contribution in [2.75, 3.05) is 25.5 Å². The van der Waals surface area contributed by atoms with Gasteiger partial charge in [0.2, 0.25) is 0 Å². The number of nitrogens with zero attached hydrogens (tertiary/aromatic N) is 2. The van der Waals surface area contributed by atoms with Crippen LogP contribution in [0.5, 0.6) is 0 Å². The second-order valence-electron chi connectivity index (χ2n) is 5.13. The van der Waals surface area contributed by atoms with E-state index in [4.69, 9.17) is 0 Å². The van der Waals surface area contributed by atoms with Crippen LogP contribution in [0.2, 0.25) is 0 Å². The number of hydrogen-bond acceptors (Lipinski definition) is 2. The lowest BCUT2D eigenvalue weighted by atomic mass is 10.1. The predicted molar refractivity (Wildman–Crippen MR) is 76.6 cm³/mol. The Hall–Kier alpha value is -1.02. The van der Waals surface area contributed by atoms with Crippen molar-refractivity contribution in [2.24, 2.45) is 0 Å². The Morgan fingerprint density at radius 3 is 2.06 bits per heavy atom. The third-order valence-corrected chi connectivity index (χ3v) is 3.08. The van der Waals surface area contributed by atoms with Gasteiger partial charge in [-0.3, -0.25) is 4.90 Å². The summed E-state index contributed by atoms with van der Waals surface area (Å²) >= 11 is 0. The maximum atomic E-state index is 2.52. The zero-order chi connectivity index (χ0) is 12.8. The molecule has 96 valence electrons. The van der Waals surface area contributed by atoms with Crippen LogP contribution in [0.3, 0.4) is 0 Å². The van der Waals surface area contributed by atoms with Crippen molar-refractivity contribution in [3.05, 3.63) is 29.8 Å². The van der Waals surface area contributed by atoms with E-state index in [0.29, 0.717) is 6.04 Å². The van der Waals surface area contributed by atoms with Crippen molar-refractivity contribution in [1.29, 1.82) is 0 Å². The SMILES string of the molecule is CCCN(Cc1ccc(N(C)C)cc1)C(C)C. The molecule has 0 aromatic heterocycles. The van der Waals surface area contributed by atoms with E-state index in [1.165, 1.54) is 24.2 Å². The molecule has 0 spiro atoms. The van der Waals surface area contributed by atoms with Crippen LogP contribution in [0.4, 0.5) is 5.69 Å². The molecular weight excluding hydrogens is 208 g/mol. The molecule has 0 unspecified atom stereocenters. The first-order chi connectivity index (χ1) is 8.04. The molecule has 0 saturated heterocycles. The maximum Gasteiger partial charge on any atom is 0.0361 e. The van der Waals surface area contributed by atoms with E-state index in [9.17, 15) is 0 Å². The molecule has 2 heteroatoms. The molecule has 0 N–H and O–H groups in total. The summed E-state index contributed by atoms with van der Waals surface area (Å²) in [6, 6.07) is 9.48. The molecule has 1 aromatic rings. The third-order valence-electron chi connectivity index (χ3n) is 3.08. The highest BCUT2D eigenvalue weighted by atomic mass is 15.1. The monoisotopic (exact) mass is 234 g/mol. The summed E-state index contributed by atoms with van der Waals surface area (Å²) in [6.45, 7) is 9.00. The largest absolute Gasteiger partial charge is 0.378 e. The maximum absolute atomic E-state index is 2.52. The average Bonchev–Trinajstić information content (AvgIpc) is 2.29. The van der Waals surface area contributed by atoms with Gasteiger partial charge in [0.25, 0.3) is 0 Å². The highest BCUT2D eigenvalue weighted by molar-refractivity contribution is 5.45. The average molecular weight is 234 g/mol. The van der Waals surface area contributed by atoms with E-state index in [1.807, 2.05) is 0 Å². The fourth-order valence-electron chi connectivity index (χ4n) is 1.94. The highest BCUT2D eigenvalue weighted by Gasteiger charge is 2.08. The standard InChI is InChI=1S/C15H26N2/c1-6-11-17(13(2)3)12-14-7-9-15(10-8-14)16(4)5/h7-10,13H,6,11-12H2,1-5H3. The Bertz CT molecular complexity index is 314. The minimum Gasteiger partial charge on any atom is -0.378 e. The first-order valence-corrected chi connectivity index (χ1v) is 6.55. The summed E-state index contributed by atoms with van der Waals surface area (Å²) in [5.74, 6) is 0. The van der Waals surface area contributed by atoms with Gasteiger partial charge in [-0.25, -0.2) is 0 Å². The number of hydrogen-bond donors (Lipinski definition) is 0. The molecule has 0 aliphatic heterocycles. The molecule has 1 rings (SSSR count). The van der Waals surface area contributed by atoms with Crippen LogP contribution in [-0.2, 0) is 6.54 Å². The quantitative estimate of drug-likeness (QED) is 0.744. The Morgan fingerprint density at radius 1 is 1.06 bits per heavy atom. The van der Waals surface area contributed by atoms with E-state index in [0.717, 1.165) is 6.54 Å². The summed E-state index contributed by atoms with van der Waals surface area (Å²) < 4.78 is 0. The van der Waals surface area contributed by atoms with E-state index in [2.05, 4.69) is 68.9 Å². The molecule has 0 atom stereocenters. The Labute approximate surface area is 106 Å². The van der Waals surface area contributed by atoms with Gasteiger partial charge >= 0.3 is 0 Å². The van der Waals surface area contributed by atoms with Gasteiger partial charge in [0.1, 0.15) is 0 Å². The van der Waals surface area contributed by atoms with E-state index in [-0.39, 0.29) is 0 Å². The lowest BCUT2D eigenvalue weighted by Crippen LogP contribution is -2.30. The van der Waals surface area contributed by atoms with Crippen molar-refractivity contribution in [3.8, 4) is 0 Å². The molecule has 0 fully saturated rings. The van der Waals surface area contributed by atoms with Crippen LogP contribution in [0, 0.1) is 0 Å². The topological polar surface area (TPSA) is 6.48 Å². The molecule has 0 bridgehead atoms. The zero-order valence-electron chi connectivity index (χ0n) is 11.9. The molecule has 0 aliphatic rings. The Balaban J connectivity index is 2.66. The van der Waals surface area contributed by atoms with Gasteiger partial charge in [0.15, 0.2) is 0 Å². The molecule has 0 heterocycles. The minimum absolute atomic E-state index is 0.614. The van der Waals surface area contributed by atoms with Gasteiger partial charge in [0.05, 0.1) is 0 Å². The van der Waals surface area contributed by atoms with E-state index < -0.39 is 0 Å². The van der Waals surface area contributed by atoms with Gasteiger partial charge in [-0.2, -0.15) is 0 Å². The first-order valence-electron chi connectivity index (χ1n) is 6.55. The zero-order valence-corrected chi connectivity index (χ0v) is 11.9. The minimum atomic E-state index is 0.614. The van der Waals surface area contributed by atoms with Crippen molar-refractivity contribution in [2.45, 2.75) is 39.8 Å². The van der Waals surface area contributed by atoms with Crippen LogP contribution >= 0.6 is 0 Å². The molecule has 0 saturated carbocycles. The lowest BCUT2D eigenvalue weighted by Gasteiger charge is -2.26. The highest BCUT2D eigenvalue weighted by Crippen LogP contribution is 2.15. The second kappa shape index (κ2) is 6.65. The number of benzene rings is 1. The smallest absolute Gasteiger partial charge is 0.0361 e. The third kappa shape index (κ3) is 4.39. The van der Waals surface area contributed by atoms with Crippen LogP contribution in [0.1, 0.15) is 32.8 Å². The summed E-state index contributed by atoms with van der Waals surface area (Å²) in [7, 11) is 4.15. The Kier molecular flexibility index (Phi) is 5.49. The normalized spacial score (nSPS) is 11.2. The van der Waals surface area contributed by atoms with Gasteiger partial charge in [-0.15, -0.1) is 0 Å².